The molecule has 2 aromatic rings. The first-order valence-electron chi connectivity index (χ1n) is 7.68. The Bertz CT molecular complexity index is 657. The van der Waals surface area contributed by atoms with Gasteiger partial charge in [-0.15, -0.1) is 0 Å². The summed E-state index contributed by atoms with van der Waals surface area (Å²) in [5, 5.41) is 0.997. The van der Waals surface area contributed by atoms with Crippen molar-refractivity contribution in [1.82, 2.24) is 0 Å². The van der Waals surface area contributed by atoms with Gasteiger partial charge >= 0.3 is 0 Å². The fourth-order valence-electron chi connectivity index (χ4n) is 2.53. The van der Waals surface area contributed by atoms with Gasteiger partial charge in [0.25, 0.3) is 0 Å². The van der Waals surface area contributed by atoms with E-state index in [1.54, 1.807) is 7.11 Å². The number of aldehydes is 1. The largest absolute Gasteiger partial charge is 0.467 e. The summed E-state index contributed by atoms with van der Waals surface area (Å²) in [6, 6.07) is 15.9. The summed E-state index contributed by atoms with van der Waals surface area (Å²) in [7, 11) is 2.10. The summed E-state index contributed by atoms with van der Waals surface area (Å²) < 4.78 is 10.8. The molecule has 2 atom stereocenters. The van der Waals surface area contributed by atoms with Crippen LogP contribution in [0.4, 0.5) is 0 Å². The molecule has 0 aromatic heterocycles. The maximum atomic E-state index is 11.3. The Morgan fingerprint density at radius 1 is 1.13 bits per heavy atom. The highest BCUT2D eigenvalue weighted by Crippen LogP contribution is 2.47. The van der Waals surface area contributed by atoms with Crippen LogP contribution in [0.2, 0.25) is 0 Å². The second kappa shape index (κ2) is 8.24. The maximum absolute atomic E-state index is 11.3. The lowest BCUT2D eigenvalue weighted by atomic mass is 9.96. The zero-order chi connectivity index (χ0) is 16.7. The van der Waals surface area contributed by atoms with E-state index in [1.807, 2.05) is 42.5 Å². The average Bonchev–Trinajstić information content (AvgIpc) is 2.60. The predicted octanol–water partition coefficient (Wildman–Crippen LogP) is 4.11. The fourth-order valence-corrected chi connectivity index (χ4v) is 4.11. The molecule has 0 fully saturated rings. The summed E-state index contributed by atoms with van der Waals surface area (Å²) in [4.78, 5) is 11.3. The molecule has 0 heterocycles. The minimum Gasteiger partial charge on any atom is -0.467 e. The van der Waals surface area contributed by atoms with Crippen LogP contribution in [0, 0.1) is 0 Å². The maximum Gasteiger partial charge on any atom is 0.188 e. The Labute approximate surface area is 139 Å². The van der Waals surface area contributed by atoms with Crippen molar-refractivity contribution in [2.24, 2.45) is 0 Å². The first-order valence-corrected chi connectivity index (χ1v) is 8.68. The molecule has 0 aliphatic carbocycles. The van der Waals surface area contributed by atoms with Gasteiger partial charge in [0.1, 0.15) is 5.75 Å². The number of ether oxygens (including phenoxy) is 2. The van der Waals surface area contributed by atoms with E-state index in [-0.39, 0.29) is 11.9 Å². The molecular formula is C19H23O3P. The second-order valence-electron chi connectivity index (χ2n) is 5.56. The summed E-state index contributed by atoms with van der Waals surface area (Å²) in [6.45, 7) is 4.62. The lowest BCUT2D eigenvalue weighted by molar-refractivity contribution is 0.0500. The van der Waals surface area contributed by atoms with Crippen molar-refractivity contribution in [1.29, 1.82) is 0 Å². The molecule has 3 nitrogen and oxygen atoms in total. The molecule has 0 saturated heterocycles. The number of carbonyl (C=O) groups excluding carboxylic acids is 1. The molecule has 0 radical (unpaired) electrons. The zero-order valence-electron chi connectivity index (χ0n) is 13.8. The van der Waals surface area contributed by atoms with Crippen LogP contribution >= 0.6 is 8.58 Å². The van der Waals surface area contributed by atoms with Gasteiger partial charge in [-0.3, -0.25) is 4.79 Å². The standard InChI is InChI=1S/C19H23O3P/c1-4-19(2,23-18-12-8-5-9-15(18)13-20)16-10-6-7-11-17(16)22-14-21-3/h5-13,23H,4,14H2,1-3H3. The van der Waals surface area contributed by atoms with E-state index < -0.39 is 0 Å². The Morgan fingerprint density at radius 3 is 2.52 bits per heavy atom. The molecule has 0 N–H and O–H groups in total. The van der Waals surface area contributed by atoms with Crippen LogP contribution in [0.3, 0.4) is 0 Å². The summed E-state index contributed by atoms with van der Waals surface area (Å²) >= 11 is 0. The first kappa shape index (κ1) is 17.7. The molecule has 0 bridgehead atoms. The third kappa shape index (κ3) is 4.19. The van der Waals surface area contributed by atoms with Crippen molar-refractivity contribution in [3.8, 4) is 5.75 Å². The zero-order valence-corrected chi connectivity index (χ0v) is 14.8. The van der Waals surface area contributed by atoms with Crippen LogP contribution in [0.15, 0.2) is 48.5 Å². The molecule has 0 aliphatic rings. The molecule has 4 heteroatoms. The van der Waals surface area contributed by atoms with E-state index in [0.29, 0.717) is 8.58 Å². The molecule has 0 aliphatic heterocycles. The quantitative estimate of drug-likeness (QED) is 0.415. The number of carbonyl (C=O) groups is 1. The topological polar surface area (TPSA) is 35.5 Å². The number of benzene rings is 2. The molecule has 2 unspecified atom stereocenters. The van der Waals surface area contributed by atoms with Crippen molar-refractivity contribution in [3.05, 3.63) is 59.7 Å². The van der Waals surface area contributed by atoms with E-state index in [4.69, 9.17) is 9.47 Å². The highest BCUT2D eigenvalue weighted by Gasteiger charge is 2.29. The number of hydrogen-bond donors (Lipinski definition) is 0. The lowest BCUT2D eigenvalue weighted by Gasteiger charge is -2.31. The molecule has 2 aromatic carbocycles. The number of methoxy groups -OCH3 is 1. The second-order valence-corrected chi connectivity index (χ2v) is 7.46. The van der Waals surface area contributed by atoms with Gasteiger partial charge in [0.2, 0.25) is 0 Å². The van der Waals surface area contributed by atoms with E-state index in [2.05, 4.69) is 19.9 Å². The fraction of sp³-hybridized carbons (Fsp3) is 0.316. The summed E-state index contributed by atoms with van der Waals surface area (Å²) in [6.07, 6.45) is 1.89. The van der Waals surface area contributed by atoms with Gasteiger partial charge in [-0.25, -0.2) is 0 Å². The van der Waals surface area contributed by atoms with Crippen LogP contribution in [0.25, 0.3) is 0 Å². The predicted molar refractivity (Wildman–Crippen MR) is 96.4 cm³/mol. The van der Waals surface area contributed by atoms with E-state index >= 15 is 0 Å². The first-order chi connectivity index (χ1) is 11.1. The van der Waals surface area contributed by atoms with Gasteiger partial charge in [0, 0.05) is 23.4 Å². The van der Waals surface area contributed by atoms with E-state index in [9.17, 15) is 4.79 Å². The van der Waals surface area contributed by atoms with E-state index in [0.717, 1.165) is 34.9 Å². The summed E-state index contributed by atoms with van der Waals surface area (Å²) in [5.41, 5.74) is 1.92. The number of rotatable bonds is 8. The Kier molecular flexibility index (Phi) is 6.32. The van der Waals surface area contributed by atoms with Crippen molar-refractivity contribution in [2.45, 2.75) is 25.4 Å². The Morgan fingerprint density at radius 2 is 1.83 bits per heavy atom. The van der Waals surface area contributed by atoms with Crippen LogP contribution in [0.1, 0.15) is 36.2 Å². The molecule has 0 spiro atoms. The SMILES string of the molecule is CCC(C)(Pc1ccccc1C=O)c1ccccc1OCOC. The van der Waals surface area contributed by atoms with Gasteiger partial charge in [-0.2, -0.15) is 0 Å². The molecule has 23 heavy (non-hydrogen) atoms. The van der Waals surface area contributed by atoms with Crippen LogP contribution in [-0.2, 0) is 9.89 Å². The van der Waals surface area contributed by atoms with Crippen molar-refractivity contribution in [2.75, 3.05) is 13.9 Å². The monoisotopic (exact) mass is 330 g/mol. The molecular weight excluding hydrogens is 307 g/mol. The molecule has 0 amide bonds. The Hall–Kier alpha value is -1.70. The van der Waals surface area contributed by atoms with E-state index in [1.165, 1.54) is 0 Å². The third-order valence-corrected chi connectivity index (χ3v) is 5.92. The number of para-hydroxylation sites is 1. The van der Waals surface area contributed by atoms with Crippen molar-refractivity contribution in [3.63, 3.8) is 0 Å². The molecule has 0 saturated carbocycles. The van der Waals surface area contributed by atoms with Crippen LogP contribution in [-0.4, -0.2) is 20.2 Å². The number of hydrogen-bond acceptors (Lipinski definition) is 3. The molecule has 2 rings (SSSR count). The Balaban J connectivity index is 2.39. The van der Waals surface area contributed by atoms with Gasteiger partial charge in [-0.1, -0.05) is 64.9 Å². The van der Waals surface area contributed by atoms with Crippen LogP contribution < -0.4 is 10.0 Å². The van der Waals surface area contributed by atoms with Crippen LogP contribution in [0.5, 0.6) is 5.75 Å². The lowest BCUT2D eigenvalue weighted by Crippen LogP contribution is -2.21. The van der Waals surface area contributed by atoms with Gasteiger partial charge < -0.3 is 9.47 Å². The average molecular weight is 330 g/mol. The minimum absolute atomic E-state index is 0.0938. The van der Waals surface area contributed by atoms with Crippen molar-refractivity contribution >= 4 is 20.2 Å². The van der Waals surface area contributed by atoms with Crippen molar-refractivity contribution < 1.29 is 14.3 Å². The highest BCUT2D eigenvalue weighted by atomic mass is 31.1. The van der Waals surface area contributed by atoms with Gasteiger partial charge in [-0.05, 0) is 17.8 Å². The normalized spacial score (nSPS) is 13.9. The minimum atomic E-state index is -0.0938. The summed E-state index contributed by atoms with van der Waals surface area (Å²) in [5.74, 6) is 0.842. The highest BCUT2D eigenvalue weighted by molar-refractivity contribution is 7.48. The third-order valence-electron chi connectivity index (χ3n) is 4.02. The van der Waals surface area contributed by atoms with Gasteiger partial charge in [0.15, 0.2) is 13.1 Å². The smallest absolute Gasteiger partial charge is 0.188 e. The molecule has 122 valence electrons. The van der Waals surface area contributed by atoms with Gasteiger partial charge in [0.05, 0.1) is 0 Å².